The first-order valence-electron chi connectivity index (χ1n) is 14.4. The second-order valence-electron chi connectivity index (χ2n) is 12.0. The lowest BCUT2D eigenvalue weighted by atomic mass is 9.87. The van der Waals surface area contributed by atoms with Gasteiger partial charge in [0.05, 0.1) is 0 Å². The first-order chi connectivity index (χ1) is 18.3. The Kier molecular flexibility index (Phi) is 10.1. The van der Waals surface area contributed by atoms with E-state index in [9.17, 15) is 9.59 Å². The van der Waals surface area contributed by atoms with Gasteiger partial charge in [-0.25, -0.2) is 0 Å². The van der Waals surface area contributed by atoms with Crippen LogP contribution in [0, 0.1) is 20.8 Å². The van der Waals surface area contributed by atoms with E-state index in [4.69, 9.17) is 9.47 Å². The number of H-pyrrole nitrogens is 1. The molecule has 3 rings (SSSR count). The number of aromatic nitrogens is 1. The van der Waals surface area contributed by atoms with Gasteiger partial charge in [-0.1, -0.05) is 20.8 Å². The Morgan fingerprint density at radius 3 is 2.31 bits per heavy atom. The molecule has 0 saturated heterocycles. The molecule has 0 saturated carbocycles. The lowest BCUT2D eigenvalue weighted by molar-refractivity contribution is -0.0709. The minimum Gasteiger partial charge on any atom is -0.448 e. The lowest BCUT2D eigenvalue weighted by Crippen LogP contribution is -2.35. The topological polar surface area (TPSA) is 74.9 Å². The van der Waals surface area contributed by atoms with Crippen LogP contribution in [0.4, 0.5) is 0 Å². The van der Waals surface area contributed by atoms with Gasteiger partial charge in [0.1, 0.15) is 0 Å². The molecule has 216 valence electrons. The van der Waals surface area contributed by atoms with E-state index < -0.39 is 5.79 Å². The molecule has 2 unspecified atom stereocenters. The average molecular weight is 540 g/mol. The van der Waals surface area contributed by atoms with Gasteiger partial charge in [0, 0.05) is 60.4 Å². The van der Waals surface area contributed by atoms with Crippen molar-refractivity contribution in [3.8, 4) is 11.5 Å². The van der Waals surface area contributed by atoms with Gasteiger partial charge >= 0.3 is 0 Å². The first-order valence-corrected chi connectivity index (χ1v) is 14.4. The summed E-state index contributed by atoms with van der Waals surface area (Å²) in [5, 5.41) is 0. The lowest BCUT2D eigenvalue weighted by Gasteiger charge is -2.27. The number of likely N-dealkylation sites (N-methyl/N-ethyl adjacent to an activating group) is 1. The highest BCUT2D eigenvalue weighted by atomic mass is 16.7. The molecule has 0 aliphatic carbocycles. The Morgan fingerprint density at radius 1 is 1.08 bits per heavy atom. The zero-order valence-electron chi connectivity index (χ0n) is 25.8. The largest absolute Gasteiger partial charge is 0.448 e. The predicted molar refractivity (Wildman–Crippen MR) is 159 cm³/mol. The van der Waals surface area contributed by atoms with Crippen LogP contribution in [-0.2, 0) is 13.0 Å². The van der Waals surface area contributed by atoms with Gasteiger partial charge in [-0.2, -0.15) is 0 Å². The van der Waals surface area contributed by atoms with Gasteiger partial charge in [-0.3, -0.25) is 9.59 Å². The molecular formula is C32H49N3O4. The average Bonchev–Trinajstić information content (AvgIpc) is 3.19. The van der Waals surface area contributed by atoms with E-state index in [1.54, 1.807) is 0 Å². The molecule has 0 amide bonds. The summed E-state index contributed by atoms with van der Waals surface area (Å²) in [5.41, 5.74) is 6.21. The molecule has 0 fully saturated rings. The van der Waals surface area contributed by atoms with Crippen LogP contribution in [0.1, 0.15) is 103 Å². The number of benzene rings is 1. The Bertz CT molecular complexity index is 1230. The number of aryl methyl sites for hydroxylation is 2. The highest BCUT2D eigenvalue weighted by Crippen LogP contribution is 2.50. The van der Waals surface area contributed by atoms with Gasteiger partial charge in [0.2, 0.25) is 5.79 Å². The third-order valence-corrected chi connectivity index (χ3v) is 8.21. The molecule has 1 aliphatic heterocycles. The van der Waals surface area contributed by atoms with E-state index in [1.165, 1.54) is 0 Å². The number of pyridine rings is 1. The fourth-order valence-corrected chi connectivity index (χ4v) is 5.96. The zero-order chi connectivity index (χ0) is 29.1. The summed E-state index contributed by atoms with van der Waals surface area (Å²) in [6.07, 6.45) is 5.61. The van der Waals surface area contributed by atoms with Crippen LogP contribution >= 0.6 is 0 Å². The highest BCUT2D eigenvalue weighted by molar-refractivity contribution is 5.84. The van der Waals surface area contributed by atoms with Crippen molar-refractivity contribution in [2.24, 2.45) is 0 Å². The summed E-state index contributed by atoms with van der Waals surface area (Å²) in [6.45, 7) is 15.6. The standard InChI is InChI=1S/C32H49N3O4/c1-11-24(34(8)9)13-12-15-32(7)38-29-23(6)27(19-36)25(28(20(2)3)30(29)39-32)14-16-35(10)18-26-21(4)17-22(5)33-31(26)37/h17,19-20,24H,11-16,18H2,1-10H3,(H,33,37). The van der Waals surface area contributed by atoms with E-state index >= 15 is 0 Å². The monoisotopic (exact) mass is 539 g/mol. The Morgan fingerprint density at radius 2 is 1.74 bits per heavy atom. The Hall–Kier alpha value is -2.64. The molecule has 0 spiro atoms. The molecule has 0 radical (unpaired) electrons. The summed E-state index contributed by atoms with van der Waals surface area (Å²) in [7, 11) is 6.28. The molecule has 7 nitrogen and oxygen atoms in total. The Labute approximate surface area is 234 Å². The van der Waals surface area contributed by atoms with Crippen LogP contribution < -0.4 is 15.0 Å². The van der Waals surface area contributed by atoms with Gasteiger partial charge in [0.25, 0.3) is 5.56 Å². The molecule has 2 atom stereocenters. The second-order valence-corrected chi connectivity index (χ2v) is 12.0. The summed E-state index contributed by atoms with van der Waals surface area (Å²) >= 11 is 0. The predicted octanol–water partition coefficient (Wildman–Crippen LogP) is 5.91. The molecular weight excluding hydrogens is 490 g/mol. The smallest absolute Gasteiger partial charge is 0.252 e. The van der Waals surface area contributed by atoms with Crippen molar-refractivity contribution < 1.29 is 14.3 Å². The molecule has 1 N–H and O–H groups in total. The van der Waals surface area contributed by atoms with Crippen molar-refractivity contribution in [3.63, 3.8) is 0 Å². The fraction of sp³-hybridized carbons (Fsp3) is 0.625. The van der Waals surface area contributed by atoms with Crippen molar-refractivity contribution in [1.29, 1.82) is 0 Å². The summed E-state index contributed by atoms with van der Waals surface area (Å²) in [6, 6.07) is 2.54. The van der Waals surface area contributed by atoms with Crippen molar-refractivity contribution >= 4 is 6.29 Å². The number of nitrogens with one attached hydrogen (secondary N) is 1. The van der Waals surface area contributed by atoms with Crippen LogP contribution in [-0.4, -0.2) is 60.6 Å². The van der Waals surface area contributed by atoms with Gasteiger partial charge in [-0.15, -0.1) is 0 Å². The van der Waals surface area contributed by atoms with E-state index in [0.29, 0.717) is 36.9 Å². The molecule has 2 heterocycles. The molecule has 1 aliphatic rings. The number of aromatic amines is 1. The SMILES string of the molecule is CCC(CCCC1(C)Oc2c(C)c(C=O)c(CCN(C)Cc3c(C)cc(C)[nH]c3=O)c(C(C)C)c2O1)N(C)C. The van der Waals surface area contributed by atoms with Gasteiger partial charge < -0.3 is 24.3 Å². The molecule has 2 aromatic rings. The van der Waals surface area contributed by atoms with Crippen molar-refractivity contribution in [3.05, 3.63) is 55.5 Å². The quantitative estimate of drug-likeness (QED) is 0.319. The molecule has 1 aromatic carbocycles. The number of fused-ring (bicyclic) bond motifs is 1. The first kappa shape index (κ1) is 30.9. The Balaban J connectivity index is 1.85. The van der Waals surface area contributed by atoms with Crippen LogP contribution in [0.5, 0.6) is 11.5 Å². The van der Waals surface area contributed by atoms with E-state index in [1.807, 2.05) is 40.8 Å². The zero-order valence-corrected chi connectivity index (χ0v) is 25.8. The maximum Gasteiger partial charge on any atom is 0.252 e. The minimum atomic E-state index is -0.749. The molecule has 1 aromatic heterocycles. The number of carbonyl (C=O) groups is 1. The fourth-order valence-electron chi connectivity index (χ4n) is 5.96. The number of hydrogen-bond donors (Lipinski definition) is 1. The van der Waals surface area contributed by atoms with E-state index in [0.717, 1.165) is 71.2 Å². The van der Waals surface area contributed by atoms with Crippen LogP contribution in [0.25, 0.3) is 0 Å². The van der Waals surface area contributed by atoms with Crippen LogP contribution in [0.2, 0.25) is 0 Å². The highest BCUT2D eigenvalue weighted by Gasteiger charge is 2.41. The summed E-state index contributed by atoms with van der Waals surface area (Å²) < 4.78 is 13.1. The van der Waals surface area contributed by atoms with Crippen molar-refractivity contribution in [1.82, 2.24) is 14.8 Å². The molecule has 7 heteroatoms. The third kappa shape index (κ3) is 6.93. The van der Waals surface area contributed by atoms with Crippen molar-refractivity contribution in [2.45, 2.75) is 105 Å². The van der Waals surface area contributed by atoms with Crippen LogP contribution in [0.15, 0.2) is 10.9 Å². The van der Waals surface area contributed by atoms with E-state index in [2.05, 4.69) is 49.7 Å². The molecule has 39 heavy (non-hydrogen) atoms. The maximum absolute atomic E-state index is 12.5. The number of nitrogens with zero attached hydrogens (tertiary/aromatic N) is 2. The van der Waals surface area contributed by atoms with Crippen molar-refractivity contribution in [2.75, 3.05) is 27.7 Å². The van der Waals surface area contributed by atoms with Crippen LogP contribution in [0.3, 0.4) is 0 Å². The van der Waals surface area contributed by atoms with E-state index in [-0.39, 0.29) is 11.5 Å². The van der Waals surface area contributed by atoms with Gasteiger partial charge in [-0.05, 0) is 90.7 Å². The van der Waals surface area contributed by atoms with Gasteiger partial charge in [0.15, 0.2) is 17.8 Å². The number of ether oxygens (including phenoxy) is 2. The number of rotatable bonds is 13. The summed E-state index contributed by atoms with van der Waals surface area (Å²) in [5.74, 6) is 0.909. The number of hydrogen-bond acceptors (Lipinski definition) is 6. The molecule has 0 bridgehead atoms. The normalized spacial score (nSPS) is 17.5. The third-order valence-electron chi connectivity index (χ3n) is 8.21. The second kappa shape index (κ2) is 12.7. The number of carbonyl (C=O) groups excluding carboxylic acids is 1. The number of aldehydes is 1. The maximum atomic E-state index is 12.5. The minimum absolute atomic E-state index is 0.0372. The summed E-state index contributed by atoms with van der Waals surface area (Å²) in [4.78, 5) is 32.3.